The largest absolute Gasteiger partial charge is 0.496 e. The Balaban J connectivity index is 2.16. The number of carbonyl (C=O) groups is 1. The van der Waals surface area contributed by atoms with Crippen LogP contribution in [-0.2, 0) is 11.3 Å². The Morgan fingerprint density at radius 2 is 2.04 bits per heavy atom. The third-order valence-corrected chi connectivity index (χ3v) is 4.21. The third-order valence-electron chi connectivity index (χ3n) is 3.71. The zero-order chi connectivity index (χ0) is 18.9. The number of hydrogen-bond donors (Lipinski definition) is 0. The van der Waals surface area contributed by atoms with Crippen molar-refractivity contribution in [2.24, 2.45) is 0 Å². The van der Waals surface area contributed by atoms with Crippen molar-refractivity contribution in [1.29, 1.82) is 5.26 Å². The smallest absolute Gasteiger partial charge is 0.247 e. The highest BCUT2D eigenvalue weighted by molar-refractivity contribution is 9.10. The normalized spacial score (nSPS) is 10.3. The molecule has 0 aliphatic heterocycles. The summed E-state index contributed by atoms with van der Waals surface area (Å²) in [5.41, 5.74) is 2.36. The number of rotatable bonds is 7. The molecule has 0 saturated heterocycles. The van der Waals surface area contributed by atoms with Gasteiger partial charge in [-0.15, -0.1) is 6.58 Å². The Hall–Kier alpha value is -2.84. The van der Waals surface area contributed by atoms with Crippen molar-refractivity contribution in [3.63, 3.8) is 0 Å². The summed E-state index contributed by atoms with van der Waals surface area (Å²) >= 11 is 3.42. The van der Waals surface area contributed by atoms with Crippen molar-refractivity contribution in [3.05, 3.63) is 82.4 Å². The summed E-state index contributed by atoms with van der Waals surface area (Å²) in [7, 11) is 1.59. The summed E-state index contributed by atoms with van der Waals surface area (Å²) in [5, 5.41) is 8.87. The first kappa shape index (κ1) is 19.5. The molecule has 0 unspecified atom stereocenters. The summed E-state index contributed by atoms with van der Waals surface area (Å²) in [6.07, 6.45) is 4.95. The topological polar surface area (TPSA) is 53.3 Å². The Kier molecular flexibility index (Phi) is 7.19. The first-order valence-corrected chi connectivity index (χ1v) is 8.77. The van der Waals surface area contributed by atoms with Crippen molar-refractivity contribution in [3.8, 4) is 11.8 Å². The first-order valence-electron chi connectivity index (χ1n) is 7.98. The molecule has 0 fully saturated rings. The van der Waals surface area contributed by atoms with E-state index in [4.69, 9.17) is 10.00 Å². The van der Waals surface area contributed by atoms with Crippen LogP contribution < -0.4 is 4.74 Å². The summed E-state index contributed by atoms with van der Waals surface area (Å²) in [5.74, 6) is 0.566. The van der Waals surface area contributed by atoms with Crippen LogP contribution in [-0.4, -0.2) is 24.5 Å². The van der Waals surface area contributed by atoms with Gasteiger partial charge < -0.3 is 9.64 Å². The quantitative estimate of drug-likeness (QED) is 0.496. The lowest BCUT2D eigenvalue weighted by atomic mass is 10.1. The molecule has 0 atom stereocenters. The van der Waals surface area contributed by atoms with Crippen LogP contribution >= 0.6 is 15.9 Å². The van der Waals surface area contributed by atoms with Crippen molar-refractivity contribution < 1.29 is 9.53 Å². The predicted molar refractivity (Wildman–Crippen MR) is 106 cm³/mol. The zero-order valence-electron chi connectivity index (χ0n) is 14.5. The minimum Gasteiger partial charge on any atom is -0.496 e. The number of benzene rings is 2. The third kappa shape index (κ3) is 5.33. The van der Waals surface area contributed by atoms with E-state index in [-0.39, 0.29) is 5.91 Å². The average Bonchev–Trinajstić information content (AvgIpc) is 2.66. The number of methoxy groups -OCH3 is 1. The van der Waals surface area contributed by atoms with Gasteiger partial charge in [0.15, 0.2) is 0 Å². The van der Waals surface area contributed by atoms with Gasteiger partial charge >= 0.3 is 0 Å². The Morgan fingerprint density at radius 3 is 2.65 bits per heavy atom. The van der Waals surface area contributed by atoms with Gasteiger partial charge in [-0.25, -0.2) is 0 Å². The molecule has 0 radical (unpaired) electrons. The summed E-state index contributed by atoms with van der Waals surface area (Å²) in [4.78, 5) is 14.3. The molecule has 0 saturated carbocycles. The summed E-state index contributed by atoms with van der Waals surface area (Å²) in [6, 6.07) is 14.9. The molecular formula is C21H19BrN2O2. The molecule has 0 aliphatic rings. The maximum absolute atomic E-state index is 12.6. The van der Waals surface area contributed by atoms with Gasteiger partial charge in [-0.05, 0) is 42.0 Å². The van der Waals surface area contributed by atoms with E-state index in [2.05, 4.69) is 28.6 Å². The van der Waals surface area contributed by atoms with E-state index in [1.807, 2.05) is 30.3 Å². The molecule has 2 rings (SSSR count). The molecule has 0 bridgehead atoms. The number of nitrogens with zero attached hydrogens (tertiary/aromatic N) is 2. The summed E-state index contributed by atoms with van der Waals surface area (Å²) < 4.78 is 6.23. The van der Waals surface area contributed by atoms with E-state index in [9.17, 15) is 4.79 Å². The second-order valence-electron chi connectivity index (χ2n) is 5.54. The van der Waals surface area contributed by atoms with E-state index in [0.29, 0.717) is 24.4 Å². The minimum absolute atomic E-state index is 0.128. The predicted octanol–water partition coefficient (Wildman–Crippen LogP) is 4.56. The number of halogens is 1. The molecule has 2 aromatic carbocycles. The van der Waals surface area contributed by atoms with Crippen molar-refractivity contribution in [1.82, 2.24) is 4.90 Å². The maximum Gasteiger partial charge on any atom is 0.247 e. The fourth-order valence-electron chi connectivity index (χ4n) is 2.40. The standard InChI is InChI=1S/C21H19BrN2O2/c1-3-12-24(15-17-6-4-16(14-23)5-7-17)21(25)11-8-18-13-19(22)9-10-20(18)26-2/h3-11,13H,1,12,15H2,2H3/b11-8+. The van der Waals surface area contributed by atoms with E-state index in [0.717, 1.165) is 15.6 Å². The average molecular weight is 411 g/mol. The fourth-order valence-corrected chi connectivity index (χ4v) is 2.77. The van der Waals surface area contributed by atoms with Crippen LogP contribution in [0.5, 0.6) is 5.75 Å². The van der Waals surface area contributed by atoms with Gasteiger partial charge in [-0.3, -0.25) is 4.79 Å². The van der Waals surface area contributed by atoms with Gasteiger partial charge in [0.2, 0.25) is 5.91 Å². The number of ether oxygens (including phenoxy) is 1. The van der Waals surface area contributed by atoms with Crippen LogP contribution in [0.25, 0.3) is 6.08 Å². The van der Waals surface area contributed by atoms with Crippen molar-refractivity contribution in [2.45, 2.75) is 6.54 Å². The Labute approximate surface area is 162 Å². The first-order chi connectivity index (χ1) is 12.6. The maximum atomic E-state index is 12.6. The second-order valence-corrected chi connectivity index (χ2v) is 6.45. The lowest BCUT2D eigenvalue weighted by Crippen LogP contribution is -2.29. The highest BCUT2D eigenvalue weighted by Gasteiger charge is 2.10. The van der Waals surface area contributed by atoms with E-state index in [1.165, 1.54) is 6.08 Å². The monoisotopic (exact) mass is 410 g/mol. The van der Waals surface area contributed by atoms with Gasteiger partial charge in [0, 0.05) is 29.2 Å². The van der Waals surface area contributed by atoms with Gasteiger partial charge in [0.1, 0.15) is 5.75 Å². The molecule has 26 heavy (non-hydrogen) atoms. The lowest BCUT2D eigenvalue weighted by molar-refractivity contribution is -0.126. The molecule has 0 N–H and O–H groups in total. The lowest BCUT2D eigenvalue weighted by Gasteiger charge is -2.19. The van der Waals surface area contributed by atoms with Crippen LogP contribution in [0.2, 0.25) is 0 Å². The van der Waals surface area contributed by atoms with Crippen molar-refractivity contribution >= 4 is 27.9 Å². The minimum atomic E-state index is -0.128. The van der Waals surface area contributed by atoms with Gasteiger partial charge in [-0.1, -0.05) is 34.1 Å². The molecule has 0 aliphatic carbocycles. The van der Waals surface area contributed by atoms with Crippen LogP contribution in [0.3, 0.4) is 0 Å². The molecule has 2 aromatic rings. The highest BCUT2D eigenvalue weighted by Crippen LogP contribution is 2.24. The summed E-state index contributed by atoms with van der Waals surface area (Å²) in [6.45, 7) is 4.59. The highest BCUT2D eigenvalue weighted by atomic mass is 79.9. The van der Waals surface area contributed by atoms with Crippen LogP contribution in [0.1, 0.15) is 16.7 Å². The molecular weight excluding hydrogens is 392 g/mol. The van der Waals surface area contributed by atoms with E-state index >= 15 is 0 Å². The van der Waals surface area contributed by atoms with Gasteiger partial charge in [0.05, 0.1) is 18.7 Å². The number of hydrogen-bond acceptors (Lipinski definition) is 3. The van der Waals surface area contributed by atoms with E-state index < -0.39 is 0 Å². The molecule has 0 spiro atoms. The number of amides is 1. The number of carbonyl (C=O) groups excluding carboxylic acids is 1. The molecule has 132 valence electrons. The molecule has 5 heteroatoms. The Bertz CT molecular complexity index is 851. The SMILES string of the molecule is C=CCN(Cc1ccc(C#N)cc1)C(=O)/C=C/c1cc(Br)ccc1OC. The van der Waals surface area contributed by atoms with E-state index in [1.54, 1.807) is 36.3 Å². The van der Waals surface area contributed by atoms with Crippen LogP contribution in [0, 0.1) is 11.3 Å². The fraction of sp³-hybridized carbons (Fsp3) is 0.143. The van der Waals surface area contributed by atoms with Crippen LogP contribution in [0.15, 0.2) is 65.7 Å². The molecule has 0 heterocycles. The number of nitriles is 1. The van der Waals surface area contributed by atoms with Crippen molar-refractivity contribution in [2.75, 3.05) is 13.7 Å². The molecule has 0 aromatic heterocycles. The second kappa shape index (κ2) is 9.59. The van der Waals surface area contributed by atoms with Gasteiger partial charge in [0.25, 0.3) is 0 Å². The molecule has 1 amide bonds. The van der Waals surface area contributed by atoms with Gasteiger partial charge in [-0.2, -0.15) is 5.26 Å². The Morgan fingerprint density at radius 1 is 1.31 bits per heavy atom. The zero-order valence-corrected chi connectivity index (χ0v) is 16.1. The molecule has 4 nitrogen and oxygen atoms in total. The van der Waals surface area contributed by atoms with Crippen LogP contribution in [0.4, 0.5) is 0 Å².